The molecule has 0 spiro atoms. The van der Waals surface area contributed by atoms with Gasteiger partial charge in [-0.15, -0.1) is 0 Å². The fourth-order valence-electron chi connectivity index (χ4n) is 3.54. The van der Waals surface area contributed by atoms with Crippen molar-refractivity contribution in [3.8, 4) is 5.75 Å². The molecule has 1 fully saturated rings. The van der Waals surface area contributed by atoms with Crippen molar-refractivity contribution >= 4 is 72.4 Å². The van der Waals surface area contributed by atoms with Gasteiger partial charge in [0.05, 0.1) is 13.9 Å². The van der Waals surface area contributed by atoms with Crippen LogP contribution in [-0.4, -0.2) is 28.5 Å². The van der Waals surface area contributed by atoms with Crippen LogP contribution in [0.4, 0.5) is 14.9 Å². The van der Waals surface area contributed by atoms with E-state index < -0.39 is 17.1 Å². The minimum absolute atomic E-state index is 0.211. The summed E-state index contributed by atoms with van der Waals surface area (Å²) in [5, 5.41) is 2.26. The third kappa shape index (κ3) is 6.49. The maximum absolute atomic E-state index is 13.1. The lowest BCUT2D eigenvalue weighted by Gasteiger charge is -2.14. The molecule has 10 heteroatoms. The second-order valence-corrected chi connectivity index (χ2v) is 11.0. The van der Waals surface area contributed by atoms with Crippen LogP contribution in [0.1, 0.15) is 22.3 Å². The van der Waals surface area contributed by atoms with Crippen molar-refractivity contribution in [2.75, 3.05) is 11.9 Å². The molecule has 3 amide bonds. The molecule has 1 aliphatic heterocycles. The number of hydrogen-bond acceptors (Lipinski definition) is 5. The summed E-state index contributed by atoms with van der Waals surface area (Å²) in [5.74, 6) is -0.764. The van der Waals surface area contributed by atoms with Crippen molar-refractivity contribution in [1.82, 2.24) is 4.90 Å². The Labute approximate surface area is 234 Å². The van der Waals surface area contributed by atoms with E-state index >= 15 is 0 Å². The van der Waals surface area contributed by atoms with Crippen molar-refractivity contribution in [2.24, 2.45) is 0 Å². The highest BCUT2D eigenvalue weighted by molar-refractivity contribution is 9.11. The van der Waals surface area contributed by atoms with E-state index in [0.717, 1.165) is 33.4 Å². The van der Waals surface area contributed by atoms with Crippen LogP contribution in [0.15, 0.2) is 68.4 Å². The summed E-state index contributed by atoms with van der Waals surface area (Å²) in [7, 11) is 0. The summed E-state index contributed by atoms with van der Waals surface area (Å²) in [4.78, 5) is 39.1. The molecule has 4 rings (SSSR count). The Morgan fingerprint density at radius 3 is 2.43 bits per heavy atom. The van der Waals surface area contributed by atoms with Gasteiger partial charge in [0.15, 0.2) is 0 Å². The van der Waals surface area contributed by atoms with E-state index in [1.54, 1.807) is 36.4 Å². The number of nitrogens with one attached hydrogen (secondary N) is 1. The zero-order valence-corrected chi connectivity index (χ0v) is 23.8. The van der Waals surface area contributed by atoms with E-state index in [2.05, 4.69) is 37.2 Å². The number of amides is 3. The van der Waals surface area contributed by atoms with Crippen LogP contribution in [0.3, 0.4) is 0 Å². The summed E-state index contributed by atoms with van der Waals surface area (Å²) >= 11 is 7.74. The van der Waals surface area contributed by atoms with Gasteiger partial charge in [0, 0.05) is 5.69 Å². The number of carbonyl (C=O) groups excluding carboxylic acids is 3. The number of imide groups is 1. The molecule has 190 valence electrons. The predicted molar refractivity (Wildman–Crippen MR) is 150 cm³/mol. The van der Waals surface area contributed by atoms with Gasteiger partial charge in [-0.1, -0.05) is 24.3 Å². The Balaban J connectivity index is 1.44. The first-order chi connectivity index (χ1) is 17.6. The van der Waals surface area contributed by atoms with E-state index in [0.29, 0.717) is 25.9 Å². The number of carbonyl (C=O) groups is 3. The van der Waals surface area contributed by atoms with Crippen molar-refractivity contribution in [2.45, 2.75) is 20.5 Å². The van der Waals surface area contributed by atoms with Gasteiger partial charge in [0.25, 0.3) is 11.1 Å². The normalized spacial score (nSPS) is 14.4. The Bertz CT molecular complexity index is 1400. The smallest absolute Gasteiger partial charge is 0.294 e. The number of aryl methyl sites for hydroxylation is 1. The SMILES string of the molecule is Cc1cccc(NC(=O)CN2C(=O)S/C(=C/c3cc(Br)c(OCc4ccc(F)cc4)c(Br)c3)C2=O)c1C. The third-order valence-corrected chi connectivity index (χ3v) is 7.75. The van der Waals surface area contributed by atoms with Gasteiger partial charge >= 0.3 is 0 Å². The van der Waals surface area contributed by atoms with Gasteiger partial charge in [-0.2, -0.15) is 0 Å². The highest BCUT2D eigenvalue weighted by Crippen LogP contribution is 2.38. The lowest BCUT2D eigenvalue weighted by Crippen LogP contribution is -2.36. The first-order valence-corrected chi connectivity index (χ1v) is 13.5. The topological polar surface area (TPSA) is 75.7 Å². The molecule has 37 heavy (non-hydrogen) atoms. The number of hydrogen-bond donors (Lipinski definition) is 1. The largest absolute Gasteiger partial charge is 0.487 e. The first-order valence-electron chi connectivity index (χ1n) is 11.1. The van der Waals surface area contributed by atoms with Crippen LogP contribution in [0.2, 0.25) is 0 Å². The summed E-state index contributed by atoms with van der Waals surface area (Å²) in [6.45, 7) is 3.69. The number of rotatable bonds is 7. The van der Waals surface area contributed by atoms with Crippen LogP contribution in [0.5, 0.6) is 5.75 Å². The molecule has 1 heterocycles. The van der Waals surface area contributed by atoms with Crippen molar-refractivity contribution < 1.29 is 23.5 Å². The van der Waals surface area contributed by atoms with E-state index in [1.165, 1.54) is 12.1 Å². The summed E-state index contributed by atoms with van der Waals surface area (Å²) in [6.07, 6.45) is 1.59. The van der Waals surface area contributed by atoms with E-state index in [1.807, 2.05) is 26.0 Å². The van der Waals surface area contributed by atoms with Crippen LogP contribution in [0.25, 0.3) is 6.08 Å². The van der Waals surface area contributed by atoms with E-state index in [4.69, 9.17) is 4.74 Å². The predicted octanol–water partition coefficient (Wildman–Crippen LogP) is 7.22. The molecule has 0 aromatic heterocycles. The highest BCUT2D eigenvalue weighted by atomic mass is 79.9. The van der Waals surface area contributed by atoms with Gasteiger partial charge in [-0.3, -0.25) is 19.3 Å². The zero-order chi connectivity index (χ0) is 26.7. The molecule has 0 atom stereocenters. The Morgan fingerprint density at radius 1 is 1.08 bits per heavy atom. The minimum Gasteiger partial charge on any atom is -0.487 e. The van der Waals surface area contributed by atoms with Gasteiger partial charge in [-0.05, 0) is 116 Å². The molecule has 3 aromatic carbocycles. The highest BCUT2D eigenvalue weighted by Gasteiger charge is 2.36. The molecule has 1 N–H and O–H groups in total. The second-order valence-electron chi connectivity index (χ2n) is 8.29. The van der Waals surface area contributed by atoms with Gasteiger partial charge in [0.2, 0.25) is 5.91 Å². The molecule has 0 unspecified atom stereocenters. The third-order valence-electron chi connectivity index (χ3n) is 5.67. The molecule has 0 aliphatic carbocycles. The number of halogens is 3. The van der Waals surface area contributed by atoms with Crippen LogP contribution in [0, 0.1) is 19.7 Å². The van der Waals surface area contributed by atoms with Crippen molar-refractivity contribution in [3.63, 3.8) is 0 Å². The number of anilines is 1. The van der Waals surface area contributed by atoms with Gasteiger partial charge < -0.3 is 10.1 Å². The minimum atomic E-state index is -0.532. The maximum Gasteiger partial charge on any atom is 0.294 e. The van der Waals surface area contributed by atoms with Gasteiger partial charge in [0.1, 0.15) is 24.7 Å². The van der Waals surface area contributed by atoms with Crippen LogP contribution in [-0.2, 0) is 16.2 Å². The molecule has 6 nitrogen and oxygen atoms in total. The molecule has 0 bridgehead atoms. The second kappa shape index (κ2) is 11.6. The van der Waals surface area contributed by atoms with Gasteiger partial charge in [-0.25, -0.2) is 4.39 Å². The average molecular weight is 648 g/mol. The quantitative estimate of drug-likeness (QED) is 0.274. The number of thioether (sulfide) groups is 1. The number of ether oxygens (including phenoxy) is 1. The Morgan fingerprint density at radius 2 is 1.76 bits per heavy atom. The lowest BCUT2D eigenvalue weighted by atomic mass is 10.1. The average Bonchev–Trinajstić information content (AvgIpc) is 3.10. The first kappa shape index (κ1) is 27.1. The Hall–Kier alpha value is -2.95. The maximum atomic E-state index is 13.1. The summed E-state index contributed by atoms with van der Waals surface area (Å²) in [6, 6.07) is 15.1. The molecule has 3 aromatic rings. The molecule has 1 aliphatic rings. The molecule has 1 saturated heterocycles. The molecule has 0 radical (unpaired) electrons. The van der Waals surface area contributed by atoms with Crippen molar-refractivity contribution in [3.05, 3.63) is 96.5 Å². The molecular weight excluding hydrogens is 627 g/mol. The van der Waals surface area contributed by atoms with E-state index in [9.17, 15) is 18.8 Å². The van der Waals surface area contributed by atoms with E-state index in [-0.39, 0.29) is 23.9 Å². The molecular formula is C27H21Br2FN2O4S. The Kier molecular flexibility index (Phi) is 8.51. The van der Waals surface area contributed by atoms with Crippen LogP contribution < -0.4 is 10.1 Å². The number of benzene rings is 3. The molecule has 0 saturated carbocycles. The standard InChI is InChI=1S/C27H21Br2FN2O4S/c1-15-4-3-5-22(16(15)2)31-24(33)13-32-26(34)23(37-27(32)35)12-18-10-20(28)25(21(29)11-18)36-14-17-6-8-19(30)9-7-17/h3-12H,13-14H2,1-2H3,(H,31,33)/b23-12+. The zero-order valence-electron chi connectivity index (χ0n) is 19.8. The lowest BCUT2D eigenvalue weighted by molar-refractivity contribution is -0.127. The van der Waals surface area contributed by atoms with Crippen molar-refractivity contribution in [1.29, 1.82) is 0 Å². The fraction of sp³-hybridized carbons (Fsp3) is 0.148. The van der Waals surface area contributed by atoms with Crippen LogP contribution >= 0.6 is 43.6 Å². The monoisotopic (exact) mass is 646 g/mol. The fourth-order valence-corrected chi connectivity index (χ4v) is 5.83. The summed E-state index contributed by atoms with van der Waals surface area (Å²) in [5.41, 5.74) is 4.05. The number of nitrogens with zero attached hydrogens (tertiary/aromatic N) is 1. The summed E-state index contributed by atoms with van der Waals surface area (Å²) < 4.78 is 20.2.